The van der Waals surface area contributed by atoms with E-state index in [2.05, 4.69) is 10.2 Å². The van der Waals surface area contributed by atoms with Crippen molar-refractivity contribution in [2.24, 2.45) is 0 Å². The Balaban J connectivity index is 1.70. The van der Waals surface area contributed by atoms with Crippen molar-refractivity contribution in [2.75, 3.05) is 20.3 Å². The first-order valence-electron chi connectivity index (χ1n) is 9.87. The SMILES string of the molecule is CCN1C(=O)c2c(O)c(=O)c(-c3nnc(Cc4ccc(F)cc4F)s3)cn2C[C@H]1COC. The van der Waals surface area contributed by atoms with E-state index in [0.717, 1.165) is 23.5 Å². The minimum Gasteiger partial charge on any atom is -0.503 e. The van der Waals surface area contributed by atoms with Crippen LogP contribution in [0.15, 0.2) is 29.2 Å². The molecule has 0 bridgehead atoms. The normalized spacial score (nSPS) is 15.8. The van der Waals surface area contributed by atoms with Crippen molar-refractivity contribution in [1.82, 2.24) is 19.7 Å². The molecular formula is C21H20F2N4O4S. The summed E-state index contributed by atoms with van der Waals surface area (Å²) in [4.78, 5) is 27.3. The van der Waals surface area contributed by atoms with Crippen molar-refractivity contribution in [1.29, 1.82) is 0 Å². The maximum absolute atomic E-state index is 14.0. The molecule has 4 rings (SSSR count). The Morgan fingerprint density at radius 2 is 2.06 bits per heavy atom. The molecule has 1 atom stereocenters. The van der Waals surface area contributed by atoms with Gasteiger partial charge in [0.05, 0.1) is 18.2 Å². The highest BCUT2D eigenvalue weighted by Crippen LogP contribution is 2.29. The van der Waals surface area contributed by atoms with Crippen LogP contribution in [0.4, 0.5) is 8.78 Å². The van der Waals surface area contributed by atoms with Crippen LogP contribution in [0.2, 0.25) is 0 Å². The number of carbonyl (C=O) groups excluding carboxylic acids is 1. The summed E-state index contributed by atoms with van der Waals surface area (Å²) in [7, 11) is 1.54. The van der Waals surface area contributed by atoms with Gasteiger partial charge < -0.3 is 19.3 Å². The topological polar surface area (TPSA) is 97.5 Å². The third-order valence-electron chi connectivity index (χ3n) is 5.32. The number of nitrogens with zero attached hydrogens (tertiary/aromatic N) is 4. The first-order valence-corrected chi connectivity index (χ1v) is 10.7. The molecule has 32 heavy (non-hydrogen) atoms. The second-order valence-electron chi connectivity index (χ2n) is 7.34. The van der Waals surface area contributed by atoms with E-state index < -0.39 is 28.7 Å². The van der Waals surface area contributed by atoms with E-state index >= 15 is 0 Å². The molecule has 8 nitrogen and oxygen atoms in total. The van der Waals surface area contributed by atoms with Gasteiger partial charge in [0.25, 0.3) is 5.91 Å². The van der Waals surface area contributed by atoms with E-state index in [9.17, 15) is 23.5 Å². The summed E-state index contributed by atoms with van der Waals surface area (Å²) in [6, 6.07) is 3.01. The van der Waals surface area contributed by atoms with Crippen LogP contribution < -0.4 is 5.43 Å². The van der Waals surface area contributed by atoms with Crippen molar-refractivity contribution in [2.45, 2.75) is 25.9 Å². The van der Waals surface area contributed by atoms with E-state index in [1.807, 2.05) is 6.92 Å². The van der Waals surface area contributed by atoms with Crippen molar-refractivity contribution in [3.8, 4) is 16.3 Å². The highest BCUT2D eigenvalue weighted by molar-refractivity contribution is 7.14. The first-order chi connectivity index (χ1) is 15.3. The lowest BCUT2D eigenvalue weighted by Gasteiger charge is -2.36. The predicted molar refractivity (Wildman–Crippen MR) is 113 cm³/mol. The van der Waals surface area contributed by atoms with Gasteiger partial charge in [0.15, 0.2) is 16.5 Å². The number of aromatic hydroxyl groups is 1. The van der Waals surface area contributed by atoms with E-state index in [0.29, 0.717) is 24.7 Å². The van der Waals surface area contributed by atoms with Gasteiger partial charge in [0.1, 0.15) is 16.6 Å². The Labute approximate surface area is 185 Å². The maximum atomic E-state index is 14.0. The van der Waals surface area contributed by atoms with Crippen LogP contribution in [-0.4, -0.2) is 57.0 Å². The number of pyridine rings is 1. The molecule has 3 heterocycles. The Hall–Kier alpha value is -3.18. The number of methoxy groups -OCH3 is 1. The van der Waals surface area contributed by atoms with Crippen LogP contribution in [-0.2, 0) is 17.7 Å². The van der Waals surface area contributed by atoms with E-state index in [4.69, 9.17) is 4.74 Å². The second-order valence-corrected chi connectivity index (χ2v) is 8.40. The number of carbonyl (C=O) groups is 1. The van der Waals surface area contributed by atoms with Gasteiger partial charge in [-0.3, -0.25) is 9.59 Å². The maximum Gasteiger partial charge on any atom is 0.274 e. The zero-order valence-electron chi connectivity index (χ0n) is 17.3. The summed E-state index contributed by atoms with van der Waals surface area (Å²) in [6.07, 6.45) is 1.55. The number of amides is 1. The Morgan fingerprint density at radius 1 is 1.28 bits per heavy atom. The molecule has 0 unspecified atom stereocenters. The number of benzene rings is 1. The van der Waals surface area contributed by atoms with Crippen LogP contribution >= 0.6 is 11.3 Å². The fourth-order valence-electron chi connectivity index (χ4n) is 3.80. The molecule has 168 valence electrons. The van der Waals surface area contributed by atoms with Gasteiger partial charge in [0.2, 0.25) is 5.43 Å². The van der Waals surface area contributed by atoms with Gasteiger partial charge >= 0.3 is 0 Å². The number of hydrogen-bond donors (Lipinski definition) is 1. The molecule has 1 amide bonds. The largest absolute Gasteiger partial charge is 0.503 e. The minimum atomic E-state index is -0.735. The third-order valence-corrected chi connectivity index (χ3v) is 6.28. The molecule has 0 saturated heterocycles. The molecule has 0 saturated carbocycles. The molecule has 0 spiro atoms. The Morgan fingerprint density at radius 3 is 2.75 bits per heavy atom. The summed E-state index contributed by atoms with van der Waals surface area (Å²) >= 11 is 1.06. The molecular weight excluding hydrogens is 442 g/mol. The van der Waals surface area contributed by atoms with Gasteiger partial charge in [-0.25, -0.2) is 8.78 Å². The van der Waals surface area contributed by atoms with Crippen molar-refractivity contribution < 1.29 is 23.4 Å². The van der Waals surface area contributed by atoms with Crippen LogP contribution in [0.3, 0.4) is 0 Å². The van der Waals surface area contributed by atoms with E-state index in [1.54, 1.807) is 4.90 Å². The highest BCUT2D eigenvalue weighted by atomic mass is 32.1. The predicted octanol–water partition coefficient (Wildman–Crippen LogP) is 2.43. The van der Waals surface area contributed by atoms with Crippen molar-refractivity contribution in [3.63, 3.8) is 0 Å². The molecule has 0 aliphatic carbocycles. The summed E-state index contributed by atoms with van der Waals surface area (Å²) in [6.45, 7) is 2.85. The number of aromatic nitrogens is 3. The minimum absolute atomic E-state index is 0.0713. The molecule has 1 aromatic carbocycles. The third kappa shape index (κ3) is 3.89. The summed E-state index contributed by atoms with van der Waals surface area (Å²) in [5.41, 5.74) is -0.483. The van der Waals surface area contributed by atoms with E-state index in [1.165, 1.54) is 23.9 Å². The summed E-state index contributed by atoms with van der Waals surface area (Å²) in [5, 5.41) is 19.2. The molecule has 3 aromatic rings. The standard InChI is InChI=1S/C21H20F2N4O4S/c1-3-27-13(10-31-2)8-26-9-14(18(28)19(29)17(26)21(27)30)20-25-24-16(32-20)6-11-4-5-12(22)7-15(11)23/h4-5,7,9,13,29H,3,6,8,10H2,1-2H3/t13-/m0/s1. The zero-order valence-corrected chi connectivity index (χ0v) is 18.2. The number of likely N-dealkylation sites (N-methyl/N-ethyl adjacent to an activating group) is 1. The Kier molecular flexibility index (Phi) is 6.02. The summed E-state index contributed by atoms with van der Waals surface area (Å²) < 4.78 is 33.8. The average molecular weight is 462 g/mol. The molecule has 2 aromatic heterocycles. The number of fused-ring (bicyclic) bond motifs is 1. The van der Waals surface area contributed by atoms with Crippen molar-refractivity contribution >= 4 is 17.2 Å². The molecule has 1 aliphatic heterocycles. The van der Waals surface area contributed by atoms with Crippen LogP contribution in [0.1, 0.15) is 28.0 Å². The van der Waals surface area contributed by atoms with Gasteiger partial charge in [-0.15, -0.1) is 10.2 Å². The molecule has 0 fully saturated rings. The number of ether oxygens (including phenoxy) is 1. The summed E-state index contributed by atoms with van der Waals surface area (Å²) in [5.74, 6) is -2.48. The molecule has 11 heteroatoms. The fraction of sp³-hybridized carbons (Fsp3) is 0.333. The molecule has 1 N–H and O–H groups in total. The van der Waals surface area contributed by atoms with Crippen LogP contribution in [0, 0.1) is 11.6 Å². The van der Waals surface area contributed by atoms with Gasteiger partial charge in [0, 0.05) is 38.9 Å². The molecule has 1 aliphatic rings. The lowest BCUT2D eigenvalue weighted by molar-refractivity contribution is 0.0423. The molecule has 0 radical (unpaired) electrons. The number of rotatable bonds is 6. The number of hydrogen-bond acceptors (Lipinski definition) is 7. The van der Waals surface area contributed by atoms with Crippen molar-refractivity contribution in [3.05, 3.63) is 62.5 Å². The van der Waals surface area contributed by atoms with Gasteiger partial charge in [-0.1, -0.05) is 17.4 Å². The Bertz CT molecular complexity index is 1240. The fourth-order valence-corrected chi connectivity index (χ4v) is 4.67. The zero-order chi connectivity index (χ0) is 23.0. The lowest BCUT2D eigenvalue weighted by atomic mass is 10.1. The highest BCUT2D eigenvalue weighted by Gasteiger charge is 2.35. The van der Waals surface area contributed by atoms with Gasteiger partial charge in [-0.05, 0) is 18.6 Å². The monoisotopic (exact) mass is 462 g/mol. The smallest absolute Gasteiger partial charge is 0.274 e. The second kappa shape index (κ2) is 8.75. The quantitative estimate of drug-likeness (QED) is 0.604. The first kappa shape index (κ1) is 22.0. The lowest BCUT2D eigenvalue weighted by Crippen LogP contribution is -2.50. The van der Waals surface area contributed by atoms with Crippen LogP contribution in [0.25, 0.3) is 10.6 Å². The van der Waals surface area contributed by atoms with Crippen LogP contribution in [0.5, 0.6) is 5.75 Å². The average Bonchev–Trinajstić information content (AvgIpc) is 3.21. The van der Waals surface area contributed by atoms with Gasteiger partial charge in [-0.2, -0.15) is 0 Å². The van der Waals surface area contributed by atoms with E-state index in [-0.39, 0.29) is 34.3 Å². The number of halogens is 2.